The Morgan fingerprint density at radius 1 is 1.50 bits per heavy atom. The third-order valence-corrected chi connectivity index (χ3v) is 4.82. The second-order valence-corrected chi connectivity index (χ2v) is 6.59. The van der Waals surface area contributed by atoms with Gasteiger partial charge in [-0.2, -0.15) is 5.10 Å². The van der Waals surface area contributed by atoms with Crippen molar-refractivity contribution in [3.05, 3.63) is 42.9 Å². The van der Waals surface area contributed by atoms with Gasteiger partial charge in [0.15, 0.2) is 0 Å². The van der Waals surface area contributed by atoms with E-state index < -0.39 is 0 Å². The summed E-state index contributed by atoms with van der Waals surface area (Å²) in [6.07, 6.45) is 2.72. The monoisotopic (exact) mass is 355 g/mol. The SMILES string of the molecule is CCc1ccsc1CNc1cnn(C(C)C)c(=O)c1Br. The third-order valence-electron chi connectivity index (χ3n) is 3.09. The summed E-state index contributed by atoms with van der Waals surface area (Å²) in [6.45, 7) is 6.74. The highest BCUT2D eigenvalue weighted by Gasteiger charge is 2.11. The molecule has 0 aliphatic heterocycles. The maximum Gasteiger partial charge on any atom is 0.283 e. The molecule has 0 saturated carbocycles. The first-order valence-corrected chi connectivity index (χ1v) is 8.28. The Morgan fingerprint density at radius 3 is 2.90 bits per heavy atom. The van der Waals surface area contributed by atoms with Crippen LogP contribution in [0.4, 0.5) is 5.69 Å². The maximum atomic E-state index is 12.1. The van der Waals surface area contributed by atoms with Gasteiger partial charge in [-0.05, 0) is 53.2 Å². The smallest absolute Gasteiger partial charge is 0.283 e. The Labute approximate surface area is 131 Å². The number of nitrogens with one attached hydrogen (secondary N) is 1. The largest absolute Gasteiger partial charge is 0.378 e. The molecule has 0 aliphatic rings. The van der Waals surface area contributed by atoms with E-state index in [1.807, 2.05) is 13.8 Å². The van der Waals surface area contributed by atoms with E-state index in [4.69, 9.17) is 0 Å². The van der Waals surface area contributed by atoms with Gasteiger partial charge in [0.25, 0.3) is 5.56 Å². The summed E-state index contributed by atoms with van der Waals surface area (Å²) in [5.74, 6) is 0. The standard InChI is InChI=1S/C14H18BrN3OS/c1-4-10-5-6-20-12(10)8-16-11-7-17-18(9(2)3)14(19)13(11)15/h5-7,9,16H,4,8H2,1-3H3. The fourth-order valence-corrected chi connectivity index (χ4v) is 3.29. The van der Waals surface area contributed by atoms with Crippen LogP contribution in [0.2, 0.25) is 0 Å². The number of nitrogens with zero attached hydrogens (tertiary/aromatic N) is 2. The van der Waals surface area contributed by atoms with Crippen molar-refractivity contribution in [2.45, 2.75) is 39.8 Å². The molecule has 20 heavy (non-hydrogen) atoms. The Hall–Kier alpha value is -1.14. The Bertz CT molecular complexity index is 648. The van der Waals surface area contributed by atoms with E-state index in [0.29, 0.717) is 11.0 Å². The predicted molar refractivity (Wildman–Crippen MR) is 87.6 cm³/mol. The first-order valence-electron chi connectivity index (χ1n) is 6.61. The minimum absolute atomic E-state index is 0.0526. The van der Waals surface area contributed by atoms with Crippen LogP contribution in [0.3, 0.4) is 0 Å². The molecule has 0 fully saturated rings. The highest BCUT2D eigenvalue weighted by Crippen LogP contribution is 2.22. The average Bonchev–Trinajstić information content (AvgIpc) is 2.87. The van der Waals surface area contributed by atoms with Gasteiger partial charge < -0.3 is 5.32 Å². The van der Waals surface area contributed by atoms with Crippen LogP contribution < -0.4 is 10.9 Å². The van der Waals surface area contributed by atoms with E-state index in [1.54, 1.807) is 17.5 Å². The summed E-state index contributed by atoms with van der Waals surface area (Å²) in [5.41, 5.74) is 1.98. The molecule has 2 rings (SSSR count). The van der Waals surface area contributed by atoms with Crippen LogP contribution in [0.25, 0.3) is 0 Å². The molecular weight excluding hydrogens is 338 g/mol. The molecule has 0 bridgehead atoms. The molecule has 2 aromatic rings. The van der Waals surface area contributed by atoms with Gasteiger partial charge >= 0.3 is 0 Å². The number of hydrogen-bond acceptors (Lipinski definition) is 4. The lowest BCUT2D eigenvalue weighted by atomic mass is 10.2. The highest BCUT2D eigenvalue weighted by molar-refractivity contribution is 9.10. The molecule has 0 aliphatic carbocycles. The molecule has 0 amide bonds. The molecule has 1 N–H and O–H groups in total. The fraction of sp³-hybridized carbons (Fsp3) is 0.429. The number of aryl methyl sites for hydroxylation is 1. The number of thiophene rings is 1. The predicted octanol–water partition coefficient (Wildman–Crippen LogP) is 3.82. The summed E-state index contributed by atoms with van der Waals surface area (Å²) < 4.78 is 2.01. The van der Waals surface area contributed by atoms with Crippen LogP contribution in [0.1, 0.15) is 37.3 Å². The lowest BCUT2D eigenvalue weighted by Crippen LogP contribution is -2.26. The third kappa shape index (κ3) is 3.12. The fourth-order valence-electron chi connectivity index (χ4n) is 1.95. The Balaban J connectivity index is 2.19. The summed E-state index contributed by atoms with van der Waals surface area (Å²) in [4.78, 5) is 13.4. The minimum atomic E-state index is -0.105. The molecule has 0 aromatic carbocycles. The van der Waals surface area contributed by atoms with E-state index in [2.05, 4.69) is 44.7 Å². The zero-order valence-electron chi connectivity index (χ0n) is 11.8. The van der Waals surface area contributed by atoms with Crippen LogP contribution >= 0.6 is 27.3 Å². The molecule has 0 atom stereocenters. The van der Waals surface area contributed by atoms with Gasteiger partial charge in [-0.1, -0.05) is 6.92 Å². The molecule has 0 unspecified atom stereocenters. The van der Waals surface area contributed by atoms with E-state index in [-0.39, 0.29) is 11.6 Å². The molecule has 2 heterocycles. The topological polar surface area (TPSA) is 46.9 Å². The van der Waals surface area contributed by atoms with Crippen molar-refractivity contribution in [2.75, 3.05) is 5.32 Å². The Kier molecular flexibility index (Phi) is 4.99. The lowest BCUT2D eigenvalue weighted by Gasteiger charge is -2.12. The molecular formula is C14H18BrN3OS. The summed E-state index contributed by atoms with van der Waals surface area (Å²) in [7, 11) is 0. The molecule has 4 nitrogen and oxygen atoms in total. The van der Waals surface area contributed by atoms with Crippen molar-refractivity contribution < 1.29 is 0 Å². The lowest BCUT2D eigenvalue weighted by molar-refractivity contribution is 0.501. The summed E-state index contributed by atoms with van der Waals surface area (Å²) in [6, 6.07) is 2.20. The number of aromatic nitrogens is 2. The maximum absolute atomic E-state index is 12.1. The second kappa shape index (κ2) is 6.54. The second-order valence-electron chi connectivity index (χ2n) is 4.79. The summed E-state index contributed by atoms with van der Waals surface area (Å²) in [5, 5.41) is 9.58. The van der Waals surface area contributed by atoms with Crippen LogP contribution in [0, 0.1) is 0 Å². The number of rotatable bonds is 5. The van der Waals surface area contributed by atoms with Gasteiger partial charge in [0.05, 0.1) is 17.9 Å². The minimum Gasteiger partial charge on any atom is -0.378 e. The van der Waals surface area contributed by atoms with Crippen LogP contribution in [0.5, 0.6) is 0 Å². The molecule has 108 valence electrons. The van der Waals surface area contributed by atoms with Crippen molar-refractivity contribution in [1.82, 2.24) is 9.78 Å². The van der Waals surface area contributed by atoms with E-state index >= 15 is 0 Å². The van der Waals surface area contributed by atoms with Gasteiger partial charge in [0.2, 0.25) is 0 Å². The number of hydrogen-bond donors (Lipinski definition) is 1. The quantitative estimate of drug-likeness (QED) is 0.886. The summed E-state index contributed by atoms with van der Waals surface area (Å²) >= 11 is 5.10. The first-order chi connectivity index (χ1) is 9.54. The van der Waals surface area contributed by atoms with Gasteiger partial charge in [-0.15, -0.1) is 11.3 Å². The zero-order valence-corrected chi connectivity index (χ0v) is 14.2. The molecule has 6 heteroatoms. The normalized spacial score (nSPS) is 11.1. The molecule has 0 radical (unpaired) electrons. The van der Waals surface area contributed by atoms with Crippen LogP contribution in [-0.4, -0.2) is 9.78 Å². The van der Waals surface area contributed by atoms with Gasteiger partial charge in [0, 0.05) is 11.4 Å². The first kappa shape index (κ1) is 15.3. The average molecular weight is 356 g/mol. The van der Waals surface area contributed by atoms with Gasteiger partial charge in [-0.25, -0.2) is 4.68 Å². The van der Waals surface area contributed by atoms with Crippen molar-refractivity contribution >= 4 is 33.0 Å². The van der Waals surface area contributed by atoms with Crippen molar-refractivity contribution in [3.63, 3.8) is 0 Å². The number of halogens is 1. The van der Waals surface area contributed by atoms with Gasteiger partial charge in [0.1, 0.15) is 4.47 Å². The van der Waals surface area contributed by atoms with Crippen molar-refractivity contribution in [3.8, 4) is 0 Å². The molecule has 2 aromatic heterocycles. The van der Waals surface area contributed by atoms with Crippen molar-refractivity contribution in [2.24, 2.45) is 0 Å². The van der Waals surface area contributed by atoms with Crippen LogP contribution in [0.15, 0.2) is 26.9 Å². The van der Waals surface area contributed by atoms with Gasteiger partial charge in [-0.3, -0.25) is 4.79 Å². The zero-order chi connectivity index (χ0) is 14.7. The van der Waals surface area contributed by atoms with E-state index in [0.717, 1.165) is 12.1 Å². The molecule has 0 spiro atoms. The molecule has 0 saturated heterocycles. The Morgan fingerprint density at radius 2 is 2.25 bits per heavy atom. The van der Waals surface area contributed by atoms with E-state index in [1.165, 1.54) is 15.1 Å². The van der Waals surface area contributed by atoms with Crippen molar-refractivity contribution in [1.29, 1.82) is 0 Å². The highest BCUT2D eigenvalue weighted by atomic mass is 79.9. The van der Waals surface area contributed by atoms with E-state index in [9.17, 15) is 4.79 Å². The van der Waals surface area contributed by atoms with Crippen LogP contribution in [-0.2, 0) is 13.0 Å². The number of anilines is 1.